The van der Waals surface area contributed by atoms with Gasteiger partial charge in [0.25, 0.3) is 0 Å². The first-order valence-electron chi connectivity index (χ1n) is 12.2. The summed E-state index contributed by atoms with van der Waals surface area (Å²) in [6.07, 6.45) is 0.831. The zero-order chi connectivity index (χ0) is 28.6. The van der Waals surface area contributed by atoms with Gasteiger partial charge in [-0.2, -0.15) is 13.2 Å². The van der Waals surface area contributed by atoms with Crippen molar-refractivity contribution in [1.29, 1.82) is 0 Å². The van der Waals surface area contributed by atoms with Crippen molar-refractivity contribution in [2.24, 2.45) is 0 Å². The van der Waals surface area contributed by atoms with Crippen molar-refractivity contribution < 1.29 is 32.3 Å². The lowest BCUT2D eigenvalue weighted by Gasteiger charge is -2.44. The summed E-state index contributed by atoms with van der Waals surface area (Å²) in [5, 5.41) is 9.95. The molecule has 3 aromatic rings. The summed E-state index contributed by atoms with van der Waals surface area (Å²) < 4.78 is 47.7. The van der Waals surface area contributed by atoms with Crippen LogP contribution in [0.25, 0.3) is 5.65 Å². The van der Waals surface area contributed by atoms with Gasteiger partial charge in [-0.1, -0.05) is 0 Å². The Hall–Kier alpha value is -3.94. The van der Waals surface area contributed by atoms with E-state index in [1.165, 1.54) is 6.07 Å². The van der Waals surface area contributed by atoms with Crippen LogP contribution < -0.4 is 15.1 Å². The first-order valence-corrected chi connectivity index (χ1v) is 12.2. The van der Waals surface area contributed by atoms with Crippen LogP contribution in [-0.4, -0.2) is 81.3 Å². The quantitative estimate of drug-likeness (QED) is 0.465. The molecule has 0 spiro atoms. The molecule has 0 aromatic carbocycles. The third kappa shape index (κ3) is 5.90. The van der Waals surface area contributed by atoms with Gasteiger partial charge in [-0.3, -0.25) is 9.80 Å². The molecule has 0 aliphatic carbocycles. The number of anilines is 3. The Balaban J connectivity index is 0.000000448. The summed E-state index contributed by atoms with van der Waals surface area (Å²) in [7, 11) is 2.17. The molecular formula is C25H29F4N7O3. The van der Waals surface area contributed by atoms with Crippen LogP contribution >= 0.6 is 0 Å². The molecule has 2 aliphatic heterocycles. The van der Waals surface area contributed by atoms with Crippen molar-refractivity contribution in [2.75, 3.05) is 41.8 Å². The first kappa shape index (κ1) is 28.1. The Morgan fingerprint density at radius 2 is 1.79 bits per heavy atom. The second-order valence-electron chi connectivity index (χ2n) is 9.73. The number of hydrogen-bond donors (Lipinski definition) is 2. The molecule has 0 radical (unpaired) electrons. The maximum absolute atomic E-state index is 14.4. The largest absolute Gasteiger partial charge is 0.490 e. The van der Waals surface area contributed by atoms with Crippen molar-refractivity contribution in [3.05, 3.63) is 47.8 Å². The number of carboxylic acids is 1. The number of aliphatic carboxylic acids is 1. The first-order chi connectivity index (χ1) is 18.3. The van der Waals surface area contributed by atoms with Gasteiger partial charge < -0.3 is 19.7 Å². The summed E-state index contributed by atoms with van der Waals surface area (Å²) >= 11 is 0. The number of halogens is 4. The number of carbonyl (C=O) groups excluding carboxylic acids is 1. The normalized spacial score (nSPS) is 19.5. The van der Waals surface area contributed by atoms with Crippen LogP contribution in [0.2, 0.25) is 0 Å². The maximum Gasteiger partial charge on any atom is 0.490 e. The molecule has 10 nitrogen and oxygen atoms in total. The lowest BCUT2D eigenvalue weighted by molar-refractivity contribution is -0.192. The van der Waals surface area contributed by atoms with Gasteiger partial charge in [0.05, 0.1) is 11.4 Å². The van der Waals surface area contributed by atoms with E-state index in [-0.39, 0.29) is 11.7 Å². The van der Waals surface area contributed by atoms with Crippen molar-refractivity contribution in [2.45, 2.75) is 45.5 Å². The summed E-state index contributed by atoms with van der Waals surface area (Å²) in [5.74, 6) is -2.55. The van der Waals surface area contributed by atoms with Crippen LogP contribution in [0.5, 0.6) is 0 Å². The van der Waals surface area contributed by atoms with Crippen molar-refractivity contribution in [3.63, 3.8) is 0 Å². The number of nitrogens with zero attached hydrogens (tertiary/aromatic N) is 6. The topological polar surface area (TPSA) is 106 Å². The fraction of sp³-hybridized carbons (Fsp3) is 0.440. The summed E-state index contributed by atoms with van der Waals surface area (Å²) in [4.78, 5) is 37.1. The molecule has 0 saturated carbocycles. The number of carboxylic acid groups (broad SMARTS) is 1. The van der Waals surface area contributed by atoms with E-state index in [0.717, 1.165) is 30.8 Å². The predicted octanol–water partition coefficient (Wildman–Crippen LogP) is 3.93. The van der Waals surface area contributed by atoms with E-state index in [9.17, 15) is 22.4 Å². The highest BCUT2D eigenvalue weighted by molar-refractivity contribution is 6.03. The second-order valence-corrected chi connectivity index (χ2v) is 9.73. The molecule has 1 saturated heterocycles. The minimum absolute atomic E-state index is 0.244. The lowest BCUT2D eigenvalue weighted by Crippen LogP contribution is -2.55. The Morgan fingerprint density at radius 3 is 2.41 bits per heavy atom. The van der Waals surface area contributed by atoms with E-state index in [1.807, 2.05) is 0 Å². The number of nitrogens with one attached hydrogen (secondary N) is 1. The van der Waals surface area contributed by atoms with Gasteiger partial charge in [0, 0.05) is 67.6 Å². The second kappa shape index (κ2) is 10.7. The van der Waals surface area contributed by atoms with Gasteiger partial charge in [0.2, 0.25) is 0 Å². The van der Waals surface area contributed by atoms with Crippen LogP contribution in [0.4, 0.5) is 39.5 Å². The van der Waals surface area contributed by atoms with Gasteiger partial charge in [-0.25, -0.2) is 23.9 Å². The molecule has 39 heavy (non-hydrogen) atoms. The van der Waals surface area contributed by atoms with E-state index >= 15 is 0 Å². The third-order valence-corrected chi connectivity index (χ3v) is 6.92. The highest BCUT2D eigenvalue weighted by atomic mass is 19.4. The molecule has 2 aliphatic rings. The number of carbonyl (C=O) groups is 2. The summed E-state index contributed by atoms with van der Waals surface area (Å²) in [6, 6.07) is 3.92. The average molecular weight is 552 g/mol. The Kier molecular flexibility index (Phi) is 7.68. The number of alkyl halides is 3. The zero-order valence-electron chi connectivity index (χ0n) is 21.8. The zero-order valence-corrected chi connectivity index (χ0v) is 21.8. The standard InChI is InChI=1S/C23H28FN7O.C2HF3O2/c1-14-10-30-13-17(9-19(24)22(30)26-14)27-23(32)31-8-6-18-20(5-7-25-21(18)31)29-11-15(2)28(4)16(3)12-29;3-2(4,5)1(6)7/h5,7,9-10,13,15-16H,6,8,11-12H2,1-4H3,(H,27,32);(H,6,7)/t15-,16+;. The fourth-order valence-electron chi connectivity index (χ4n) is 4.81. The smallest absolute Gasteiger partial charge is 0.475 e. The minimum Gasteiger partial charge on any atom is -0.475 e. The number of urea groups is 1. The van der Waals surface area contributed by atoms with E-state index < -0.39 is 18.0 Å². The molecule has 210 valence electrons. The number of pyridine rings is 2. The molecule has 1 fully saturated rings. The number of hydrogen-bond acceptors (Lipinski definition) is 6. The van der Waals surface area contributed by atoms with Gasteiger partial charge in [0.1, 0.15) is 5.82 Å². The summed E-state index contributed by atoms with van der Waals surface area (Å²) in [5.41, 5.74) is 3.58. The lowest BCUT2D eigenvalue weighted by atomic mass is 10.1. The number of piperazine rings is 1. The maximum atomic E-state index is 14.4. The minimum atomic E-state index is -5.08. The highest BCUT2D eigenvalue weighted by Gasteiger charge is 2.38. The Morgan fingerprint density at radius 1 is 1.15 bits per heavy atom. The van der Waals surface area contributed by atoms with Crippen molar-refractivity contribution in [3.8, 4) is 0 Å². The van der Waals surface area contributed by atoms with Gasteiger partial charge in [0.15, 0.2) is 11.5 Å². The predicted molar refractivity (Wildman–Crippen MR) is 137 cm³/mol. The molecular weight excluding hydrogens is 522 g/mol. The van der Waals surface area contributed by atoms with E-state index in [0.29, 0.717) is 35.8 Å². The van der Waals surface area contributed by atoms with Crippen LogP contribution in [-0.2, 0) is 11.2 Å². The monoisotopic (exact) mass is 551 g/mol. The highest BCUT2D eigenvalue weighted by Crippen LogP contribution is 2.35. The van der Waals surface area contributed by atoms with Crippen LogP contribution in [0.15, 0.2) is 30.7 Å². The van der Waals surface area contributed by atoms with Crippen LogP contribution in [0.1, 0.15) is 25.1 Å². The van der Waals surface area contributed by atoms with Crippen LogP contribution in [0.3, 0.4) is 0 Å². The van der Waals surface area contributed by atoms with Gasteiger partial charge in [-0.15, -0.1) is 0 Å². The van der Waals surface area contributed by atoms with Crippen LogP contribution in [0, 0.1) is 12.7 Å². The molecule has 5 heterocycles. The Bertz CT molecular complexity index is 1380. The van der Waals surface area contributed by atoms with E-state index in [2.05, 4.69) is 52.0 Å². The third-order valence-electron chi connectivity index (χ3n) is 6.92. The number of likely N-dealkylation sites (N-methyl/N-ethyl adjacent to an activating group) is 1. The molecule has 5 rings (SSSR count). The van der Waals surface area contributed by atoms with Gasteiger partial charge >= 0.3 is 18.2 Å². The molecule has 3 aromatic heterocycles. The average Bonchev–Trinajstić information content (AvgIpc) is 3.45. The molecule has 0 unspecified atom stereocenters. The number of fused-ring (bicyclic) bond motifs is 2. The number of imidazole rings is 1. The fourth-order valence-corrected chi connectivity index (χ4v) is 4.81. The molecule has 0 bridgehead atoms. The van der Waals surface area contributed by atoms with E-state index in [4.69, 9.17) is 9.90 Å². The van der Waals surface area contributed by atoms with Crippen molar-refractivity contribution in [1.82, 2.24) is 19.3 Å². The van der Waals surface area contributed by atoms with E-state index in [1.54, 1.807) is 34.8 Å². The number of amides is 2. The van der Waals surface area contributed by atoms with Crippen molar-refractivity contribution >= 4 is 34.8 Å². The molecule has 14 heteroatoms. The summed E-state index contributed by atoms with van der Waals surface area (Å²) in [6.45, 7) is 8.69. The molecule has 2 N–H and O–H groups in total. The Labute approximate surface area is 221 Å². The van der Waals surface area contributed by atoms with Gasteiger partial charge in [-0.05, 0) is 40.3 Å². The molecule has 2 atom stereocenters. The SMILES string of the molecule is Cc1cn2cc(NC(=O)N3CCc4c(N5C[C@@H](C)N(C)[C@@H](C)C5)ccnc43)cc(F)c2n1.O=C(O)C(F)(F)F. The molecule has 2 amide bonds. The number of aryl methyl sites for hydroxylation is 1. The number of aromatic nitrogens is 3. The number of rotatable bonds is 2.